The molecule has 7 nitrogen and oxygen atoms in total. The predicted molar refractivity (Wildman–Crippen MR) is 80.5 cm³/mol. The Bertz CT molecular complexity index is 479. The molecule has 1 atom stereocenters. The number of nitrogens with one attached hydrogen (secondary N) is 1. The smallest absolute Gasteiger partial charge is 0.250 e. The Morgan fingerprint density at radius 3 is 2.82 bits per heavy atom. The summed E-state index contributed by atoms with van der Waals surface area (Å²) in [5, 5.41) is 3.01. The Hall–Kier alpha value is -1.73. The number of amides is 1. The first-order valence-corrected chi connectivity index (χ1v) is 7.82. The molecule has 0 unspecified atom stereocenters. The van der Waals surface area contributed by atoms with Crippen molar-refractivity contribution < 1.29 is 14.3 Å². The number of anilines is 1. The van der Waals surface area contributed by atoms with Gasteiger partial charge in [0, 0.05) is 38.7 Å². The number of carbonyl (C=O) groups is 1. The number of ether oxygens (including phenoxy) is 2. The molecule has 0 aliphatic carbocycles. The highest BCUT2D eigenvalue weighted by Gasteiger charge is 2.28. The quantitative estimate of drug-likeness (QED) is 0.858. The predicted octanol–water partition coefficient (Wildman–Crippen LogP) is 0.225. The van der Waals surface area contributed by atoms with Crippen LogP contribution in [0.2, 0.25) is 0 Å². The summed E-state index contributed by atoms with van der Waals surface area (Å²) in [6.07, 6.45) is 4.97. The van der Waals surface area contributed by atoms with Crippen molar-refractivity contribution in [1.82, 2.24) is 15.3 Å². The van der Waals surface area contributed by atoms with Gasteiger partial charge in [0.2, 0.25) is 5.95 Å². The van der Waals surface area contributed by atoms with Crippen molar-refractivity contribution >= 4 is 11.9 Å². The normalized spacial score (nSPS) is 23.3. The summed E-state index contributed by atoms with van der Waals surface area (Å²) in [4.78, 5) is 22.7. The molecule has 0 bridgehead atoms. The van der Waals surface area contributed by atoms with Gasteiger partial charge in [-0.3, -0.25) is 4.79 Å². The standard InChI is InChI=1S/C15H22N4O3/c20-14(18-10-12-2-7-21-8-3-12)13-11-19(6-9-22-13)15-16-4-1-5-17-15/h1,4-5,12-13H,2-3,6-11H2,(H,18,20)/t13-/m0/s1. The Morgan fingerprint density at radius 2 is 2.05 bits per heavy atom. The van der Waals surface area contributed by atoms with Crippen LogP contribution in [0.15, 0.2) is 18.5 Å². The van der Waals surface area contributed by atoms with Crippen LogP contribution >= 0.6 is 0 Å². The summed E-state index contributed by atoms with van der Waals surface area (Å²) < 4.78 is 10.9. The van der Waals surface area contributed by atoms with Crippen LogP contribution < -0.4 is 10.2 Å². The first-order valence-electron chi connectivity index (χ1n) is 7.82. The van der Waals surface area contributed by atoms with Gasteiger partial charge in [-0.15, -0.1) is 0 Å². The van der Waals surface area contributed by atoms with E-state index < -0.39 is 6.10 Å². The Balaban J connectivity index is 1.49. The fraction of sp³-hybridized carbons (Fsp3) is 0.667. The molecule has 0 aromatic carbocycles. The minimum Gasteiger partial charge on any atom is -0.381 e. The van der Waals surface area contributed by atoms with E-state index in [-0.39, 0.29) is 5.91 Å². The lowest BCUT2D eigenvalue weighted by atomic mass is 10.0. The van der Waals surface area contributed by atoms with E-state index in [2.05, 4.69) is 15.3 Å². The maximum Gasteiger partial charge on any atom is 0.250 e. The maximum atomic E-state index is 12.3. The van der Waals surface area contributed by atoms with Gasteiger partial charge >= 0.3 is 0 Å². The van der Waals surface area contributed by atoms with Crippen LogP contribution in [0, 0.1) is 5.92 Å². The van der Waals surface area contributed by atoms with Crippen LogP contribution in [0.5, 0.6) is 0 Å². The summed E-state index contributed by atoms with van der Waals surface area (Å²) in [7, 11) is 0. The van der Waals surface area contributed by atoms with Crippen molar-refractivity contribution in [2.24, 2.45) is 5.92 Å². The second-order valence-electron chi connectivity index (χ2n) is 5.66. The Labute approximate surface area is 130 Å². The van der Waals surface area contributed by atoms with Crippen LogP contribution in [-0.4, -0.2) is 61.4 Å². The Kier molecular flexibility index (Phi) is 5.18. The van der Waals surface area contributed by atoms with Crippen LogP contribution in [0.25, 0.3) is 0 Å². The van der Waals surface area contributed by atoms with Gasteiger partial charge in [-0.1, -0.05) is 0 Å². The van der Waals surface area contributed by atoms with E-state index in [0.717, 1.165) is 26.1 Å². The number of hydrogen-bond acceptors (Lipinski definition) is 6. The van der Waals surface area contributed by atoms with Crippen molar-refractivity contribution in [3.63, 3.8) is 0 Å². The number of hydrogen-bond donors (Lipinski definition) is 1. The van der Waals surface area contributed by atoms with Gasteiger partial charge in [0.05, 0.1) is 13.2 Å². The third kappa shape index (κ3) is 3.92. The number of nitrogens with zero attached hydrogens (tertiary/aromatic N) is 3. The molecule has 2 saturated heterocycles. The summed E-state index contributed by atoms with van der Waals surface area (Å²) in [6, 6.07) is 1.78. The van der Waals surface area contributed by atoms with Crippen LogP contribution in [0.3, 0.4) is 0 Å². The van der Waals surface area contributed by atoms with E-state index >= 15 is 0 Å². The van der Waals surface area contributed by atoms with Gasteiger partial charge < -0.3 is 19.7 Å². The Morgan fingerprint density at radius 1 is 1.27 bits per heavy atom. The fourth-order valence-electron chi connectivity index (χ4n) is 2.75. The molecular weight excluding hydrogens is 284 g/mol. The van der Waals surface area contributed by atoms with Crippen LogP contribution in [-0.2, 0) is 14.3 Å². The van der Waals surface area contributed by atoms with Crippen molar-refractivity contribution in [3.05, 3.63) is 18.5 Å². The minimum absolute atomic E-state index is 0.0490. The largest absolute Gasteiger partial charge is 0.381 e. The van der Waals surface area contributed by atoms with Gasteiger partial charge in [0.1, 0.15) is 0 Å². The first kappa shape index (κ1) is 15.2. The molecule has 3 rings (SSSR count). The van der Waals surface area contributed by atoms with Crippen molar-refractivity contribution in [3.8, 4) is 0 Å². The summed E-state index contributed by atoms with van der Waals surface area (Å²) in [5.74, 6) is 1.11. The van der Waals surface area contributed by atoms with E-state index in [1.807, 2.05) is 4.90 Å². The number of carbonyl (C=O) groups excluding carboxylic acids is 1. The SMILES string of the molecule is O=C(NCC1CCOCC1)[C@@H]1CN(c2ncccn2)CCO1. The van der Waals surface area contributed by atoms with E-state index in [1.54, 1.807) is 18.5 Å². The molecule has 3 heterocycles. The molecule has 22 heavy (non-hydrogen) atoms. The first-order chi connectivity index (χ1) is 10.8. The zero-order chi connectivity index (χ0) is 15.2. The highest BCUT2D eigenvalue weighted by Crippen LogP contribution is 2.15. The van der Waals surface area contributed by atoms with Crippen LogP contribution in [0.1, 0.15) is 12.8 Å². The van der Waals surface area contributed by atoms with E-state index in [9.17, 15) is 4.79 Å². The lowest BCUT2D eigenvalue weighted by Crippen LogP contribution is -2.51. The van der Waals surface area contributed by atoms with Gasteiger partial charge in [0.25, 0.3) is 5.91 Å². The van der Waals surface area contributed by atoms with E-state index in [4.69, 9.17) is 9.47 Å². The monoisotopic (exact) mass is 306 g/mol. The number of aromatic nitrogens is 2. The molecule has 2 aliphatic rings. The highest BCUT2D eigenvalue weighted by atomic mass is 16.5. The second-order valence-corrected chi connectivity index (χ2v) is 5.66. The van der Waals surface area contributed by atoms with Gasteiger partial charge in [-0.05, 0) is 24.8 Å². The molecule has 0 spiro atoms. The fourth-order valence-corrected chi connectivity index (χ4v) is 2.75. The molecule has 1 amide bonds. The number of rotatable bonds is 4. The molecule has 1 N–H and O–H groups in total. The lowest BCUT2D eigenvalue weighted by molar-refractivity contribution is -0.133. The third-order valence-electron chi connectivity index (χ3n) is 4.10. The molecule has 120 valence electrons. The average Bonchev–Trinajstić information content (AvgIpc) is 2.61. The molecular formula is C15H22N4O3. The highest BCUT2D eigenvalue weighted by molar-refractivity contribution is 5.81. The van der Waals surface area contributed by atoms with Crippen LogP contribution in [0.4, 0.5) is 5.95 Å². The molecule has 1 aromatic rings. The van der Waals surface area contributed by atoms with E-state index in [0.29, 0.717) is 38.1 Å². The minimum atomic E-state index is -0.461. The van der Waals surface area contributed by atoms with Crippen molar-refractivity contribution in [2.45, 2.75) is 18.9 Å². The maximum absolute atomic E-state index is 12.3. The average molecular weight is 306 g/mol. The molecule has 0 saturated carbocycles. The molecule has 2 aliphatic heterocycles. The number of morpholine rings is 1. The van der Waals surface area contributed by atoms with Gasteiger partial charge in [0.15, 0.2) is 6.10 Å². The molecule has 2 fully saturated rings. The van der Waals surface area contributed by atoms with E-state index in [1.165, 1.54) is 0 Å². The summed E-state index contributed by atoms with van der Waals surface area (Å²) >= 11 is 0. The third-order valence-corrected chi connectivity index (χ3v) is 4.10. The topological polar surface area (TPSA) is 76.6 Å². The summed E-state index contributed by atoms with van der Waals surface area (Å²) in [5.41, 5.74) is 0. The van der Waals surface area contributed by atoms with Crippen molar-refractivity contribution in [2.75, 3.05) is 44.4 Å². The molecule has 7 heteroatoms. The summed E-state index contributed by atoms with van der Waals surface area (Å²) in [6.45, 7) is 3.98. The second kappa shape index (κ2) is 7.51. The molecule has 0 radical (unpaired) electrons. The van der Waals surface area contributed by atoms with Gasteiger partial charge in [-0.2, -0.15) is 0 Å². The van der Waals surface area contributed by atoms with Crippen molar-refractivity contribution in [1.29, 1.82) is 0 Å². The lowest BCUT2D eigenvalue weighted by Gasteiger charge is -2.32. The zero-order valence-corrected chi connectivity index (χ0v) is 12.6. The van der Waals surface area contributed by atoms with Gasteiger partial charge in [-0.25, -0.2) is 9.97 Å². The molecule has 1 aromatic heterocycles. The zero-order valence-electron chi connectivity index (χ0n) is 12.6.